The van der Waals surface area contributed by atoms with E-state index in [9.17, 15) is 0 Å². The predicted molar refractivity (Wildman–Crippen MR) is 20.1 cm³/mol. The van der Waals surface area contributed by atoms with Crippen LogP contribution in [0.25, 0.3) is 0 Å². The molecule has 0 unspecified atom stereocenters. The summed E-state index contributed by atoms with van der Waals surface area (Å²) in [5.41, 5.74) is 0. The molecule has 0 atom stereocenters. The Balaban J connectivity index is -0.00000000167. The number of hydrogen-bond donors (Lipinski definition) is 3. The number of hydrazine groups is 1. The van der Waals surface area contributed by atoms with Crippen LogP contribution in [0.2, 0.25) is 0 Å². The summed E-state index contributed by atoms with van der Waals surface area (Å²) >= 11 is 0. The monoisotopic (exact) mass is 303 g/mol. The molecule has 4 heteroatoms. The third-order valence-electron chi connectivity index (χ3n) is 0. The largest absolute Gasteiger partial charge is 0.344 e. The Hall–Kier alpha value is 0.932. The van der Waals surface area contributed by atoms with Gasteiger partial charge in [-0.05, 0) is 0 Å². The SMILES string of the molecule is C.N.NN.[U]. The average molecular weight is 303 g/mol. The summed E-state index contributed by atoms with van der Waals surface area (Å²) in [6, 6.07) is 0. The molecule has 0 aromatic rings. The zero-order chi connectivity index (χ0) is 2.00. The smallest absolute Gasteiger partial charge is 0 e. The molecule has 7 N–H and O–H groups in total. The van der Waals surface area contributed by atoms with Gasteiger partial charge in [-0.25, -0.2) is 0 Å². The summed E-state index contributed by atoms with van der Waals surface area (Å²) in [4.78, 5) is 0. The first-order chi connectivity index (χ1) is 1.00. The second-order valence-electron chi connectivity index (χ2n) is 0. The molecule has 0 spiro atoms. The fraction of sp³-hybridized carbons (Fsp3) is 1.00. The molecular formula is CH11N3U. The van der Waals surface area contributed by atoms with E-state index in [2.05, 4.69) is 11.7 Å². The maximum Gasteiger partial charge on any atom is 0 e. The molecule has 0 amide bonds. The molecule has 0 aromatic carbocycles. The Morgan fingerprint density at radius 1 is 1.00 bits per heavy atom. The summed E-state index contributed by atoms with van der Waals surface area (Å²) in [6.07, 6.45) is 0. The van der Waals surface area contributed by atoms with E-state index in [4.69, 9.17) is 0 Å². The van der Waals surface area contributed by atoms with E-state index in [1.54, 1.807) is 0 Å². The van der Waals surface area contributed by atoms with Crippen molar-refractivity contribution < 1.29 is 31.1 Å². The summed E-state index contributed by atoms with van der Waals surface area (Å²) in [5, 5.41) is 0. The van der Waals surface area contributed by atoms with Gasteiger partial charge in [-0.15, -0.1) is 0 Å². The van der Waals surface area contributed by atoms with Gasteiger partial charge in [-0.1, -0.05) is 7.43 Å². The van der Waals surface area contributed by atoms with E-state index >= 15 is 0 Å². The van der Waals surface area contributed by atoms with Gasteiger partial charge >= 0.3 is 0 Å². The van der Waals surface area contributed by atoms with E-state index in [1.165, 1.54) is 0 Å². The van der Waals surface area contributed by atoms with Crippen LogP contribution < -0.4 is 17.8 Å². The normalized spacial score (nSPS) is 1.20. The number of rotatable bonds is 0. The minimum Gasteiger partial charge on any atom is -0.344 e. The van der Waals surface area contributed by atoms with Gasteiger partial charge in [0, 0.05) is 31.1 Å². The molecule has 0 aromatic heterocycles. The van der Waals surface area contributed by atoms with Crippen molar-refractivity contribution in [2.24, 2.45) is 11.7 Å². The van der Waals surface area contributed by atoms with Crippen LogP contribution in [-0.2, 0) is 0 Å². The van der Waals surface area contributed by atoms with Gasteiger partial charge in [-0.3, -0.25) is 11.7 Å². The second-order valence-corrected chi connectivity index (χ2v) is 0. The van der Waals surface area contributed by atoms with Crippen molar-refractivity contribution in [3.05, 3.63) is 0 Å². The van der Waals surface area contributed by atoms with Gasteiger partial charge in [-0.2, -0.15) is 0 Å². The summed E-state index contributed by atoms with van der Waals surface area (Å²) in [6.45, 7) is 0. The molecule has 34 valence electrons. The van der Waals surface area contributed by atoms with Gasteiger partial charge in [0.15, 0.2) is 0 Å². The standard InChI is InChI=1S/CH4.H4N2.H3N.U/c;1-2;;/h1H4;1-2H2;1H3;. The number of hydrogen-bond acceptors (Lipinski definition) is 3. The van der Waals surface area contributed by atoms with Crippen molar-refractivity contribution in [1.82, 2.24) is 6.15 Å². The van der Waals surface area contributed by atoms with E-state index in [-0.39, 0.29) is 44.7 Å². The van der Waals surface area contributed by atoms with Crippen LogP contribution in [0.5, 0.6) is 0 Å². The van der Waals surface area contributed by atoms with Gasteiger partial charge in [0.2, 0.25) is 0 Å². The van der Waals surface area contributed by atoms with Gasteiger partial charge in [0.25, 0.3) is 0 Å². The van der Waals surface area contributed by atoms with E-state index < -0.39 is 0 Å². The van der Waals surface area contributed by atoms with Gasteiger partial charge in [0.1, 0.15) is 0 Å². The average Bonchev–Trinajstić information content (AvgIpc) is 1.00. The molecule has 0 radical (unpaired) electrons. The van der Waals surface area contributed by atoms with Crippen molar-refractivity contribution >= 4 is 0 Å². The van der Waals surface area contributed by atoms with Crippen LogP contribution in [0.4, 0.5) is 0 Å². The maximum atomic E-state index is 4.00. The molecule has 0 aliphatic carbocycles. The maximum absolute atomic E-state index is 4.00. The van der Waals surface area contributed by atoms with E-state index in [0.29, 0.717) is 0 Å². The summed E-state index contributed by atoms with van der Waals surface area (Å²) in [5.74, 6) is 8.00. The van der Waals surface area contributed by atoms with Crippen molar-refractivity contribution in [1.29, 1.82) is 0 Å². The second kappa shape index (κ2) is 87.8. The zero-order valence-electron chi connectivity index (χ0n) is 2.36. The summed E-state index contributed by atoms with van der Waals surface area (Å²) < 4.78 is 0. The van der Waals surface area contributed by atoms with Crippen LogP contribution in [-0.4, -0.2) is 0 Å². The van der Waals surface area contributed by atoms with Crippen molar-refractivity contribution in [3.63, 3.8) is 0 Å². The quantitative estimate of drug-likeness (QED) is 0.421. The topological polar surface area (TPSA) is 87.0 Å². The Morgan fingerprint density at radius 3 is 1.00 bits per heavy atom. The summed E-state index contributed by atoms with van der Waals surface area (Å²) in [7, 11) is 0. The molecule has 3 nitrogen and oxygen atoms in total. The Morgan fingerprint density at radius 2 is 1.00 bits per heavy atom. The molecular weight excluding hydrogens is 292 g/mol. The van der Waals surface area contributed by atoms with Gasteiger partial charge < -0.3 is 6.15 Å². The van der Waals surface area contributed by atoms with Crippen molar-refractivity contribution in [2.75, 3.05) is 0 Å². The Labute approximate surface area is 56.4 Å². The van der Waals surface area contributed by atoms with Crippen LogP contribution in [0.1, 0.15) is 7.43 Å². The van der Waals surface area contributed by atoms with Crippen LogP contribution in [0.15, 0.2) is 0 Å². The Kier molecular flexibility index (Phi) is 679. The van der Waals surface area contributed by atoms with Crippen molar-refractivity contribution in [2.45, 2.75) is 7.43 Å². The molecule has 0 aliphatic rings. The fourth-order valence-corrected chi connectivity index (χ4v) is 0. The van der Waals surface area contributed by atoms with Crippen molar-refractivity contribution in [3.8, 4) is 0 Å². The molecule has 5 heavy (non-hydrogen) atoms. The first kappa shape index (κ1) is 38.7. The van der Waals surface area contributed by atoms with Gasteiger partial charge in [0.05, 0.1) is 0 Å². The molecule has 0 saturated carbocycles. The Bertz CT molecular complexity index is 6.85. The minimum atomic E-state index is 0. The molecule has 0 bridgehead atoms. The van der Waals surface area contributed by atoms with Crippen LogP contribution >= 0.6 is 0 Å². The fourth-order valence-electron chi connectivity index (χ4n) is 0. The zero-order valence-corrected chi connectivity index (χ0v) is 6.53. The third-order valence-corrected chi connectivity index (χ3v) is 0. The van der Waals surface area contributed by atoms with E-state index in [0.717, 1.165) is 0 Å². The third kappa shape index (κ3) is 48.8. The minimum absolute atomic E-state index is 0. The first-order valence-electron chi connectivity index (χ1n) is 0.333. The molecule has 0 aliphatic heterocycles. The van der Waals surface area contributed by atoms with E-state index in [1.807, 2.05) is 0 Å². The molecule has 0 fully saturated rings. The van der Waals surface area contributed by atoms with Crippen LogP contribution in [0, 0.1) is 31.1 Å². The number of nitrogens with two attached hydrogens (primary N) is 2. The first-order valence-corrected chi connectivity index (χ1v) is 0.333. The molecule has 0 rings (SSSR count). The predicted octanol–water partition coefficient (Wildman–Crippen LogP) is -0.383. The van der Waals surface area contributed by atoms with Crippen LogP contribution in [0.3, 0.4) is 0 Å². The molecule has 0 saturated heterocycles. The molecule has 0 heterocycles.